The van der Waals surface area contributed by atoms with Gasteiger partial charge in [-0.25, -0.2) is 19.4 Å². The lowest BCUT2D eigenvalue weighted by Gasteiger charge is -2.18. The molecular formula is C9H9BrN4S. The molecule has 0 aliphatic carbocycles. The Morgan fingerprint density at radius 2 is 2.27 bits per heavy atom. The van der Waals surface area contributed by atoms with E-state index < -0.39 is 0 Å². The van der Waals surface area contributed by atoms with Crippen LogP contribution in [0, 0.1) is 0 Å². The fourth-order valence-corrected chi connectivity index (χ4v) is 3.26. The van der Waals surface area contributed by atoms with E-state index >= 15 is 0 Å². The number of hydrazine groups is 1. The Balaban J connectivity index is 2.40. The molecule has 3 heterocycles. The number of fused-ring (bicyclic) bond motifs is 3. The van der Waals surface area contributed by atoms with E-state index in [2.05, 4.69) is 45.4 Å². The molecule has 4 nitrogen and oxygen atoms in total. The Hall–Kier alpha value is -0.720. The van der Waals surface area contributed by atoms with Gasteiger partial charge < -0.3 is 0 Å². The lowest BCUT2D eigenvalue weighted by atomic mass is 9.97. The average molecular weight is 285 g/mol. The molecule has 0 atom stereocenters. The maximum atomic E-state index is 4.41. The molecule has 0 unspecified atom stereocenters. The molecule has 0 saturated carbocycles. The number of hydrogen-bond acceptors (Lipinski definition) is 5. The maximum absolute atomic E-state index is 4.41. The summed E-state index contributed by atoms with van der Waals surface area (Å²) in [6.45, 7) is 4.24. The van der Waals surface area contributed by atoms with E-state index in [1.165, 1.54) is 0 Å². The highest BCUT2D eigenvalue weighted by atomic mass is 79.9. The van der Waals surface area contributed by atoms with Gasteiger partial charge in [-0.15, -0.1) is 11.3 Å². The third-order valence-electron chi connectivity index (χ3n) is 2.59. The normalized spacial score (nSPS) is 18.5. The van der Waals surface area contributed by atoms with Crippen LogP contribution in [-0.4, -0.2) is 9.97 Å². The van der Waals surface area contributed by atoms with Crippen LogP contribution in [0.4, 0.5) is 5.69 Å². The van der Waals surface area contributed by atoms with Crippen molar-refractivity contribution in [2.24, 2.45) is 0 Å². The first kappa shape index (κ1) is 9.50. The van der Waals surface area contributed by atoms with Crippen LogP contribution < -0.4 is 9.46 Å². The van der Waals surface area contributed by atoms with Crippen LogP contribution in [0.5, 0.6) is 0 Å². The van der Waals surface area contributed by atoms with Crippen molar-refractivity contribution >= 4 is 43.5 Å². The van der Waals surface area contributed by atoms with Crippen molar-refractivity contribution in [3.63, 3.8) is 0 Å². The van der Waals surface area contributed by atoms with Gasteiger partial charge in [-0.1, -0.05) is 0 Å². The summed E-state index contributed by atoms with van der Waals surface area (Å²) in [5.74, 6) is 0. The summed E-state index contributed by atoms with van der Waals surface area (Å²) in [7, 11) is 0. The largest absolute Gasteiger partial charge is 0.243 e. The van der Waals surface area contributed by atoms with Crippen molar-refractivity contribution < 1.29 is 0 Å². The van der Waals surface area contributed by atoms with Crippen molar-refractivity contribution in [1.29, 1.82) is 0 Å². The average Bonchev–Trinajstić information content (AvgIpc) is 2.69. The number of thiazole rings is 1. The third kappa shape index (κ3) is 1.22. The summed E-state index contributed by atoms with van der Waals surface area (Å²) in [5, 5.41) is 0. The molecule has 0 fully saturated rings. The van der Waals surface area contributed by atoms with Crippen molar-refractivity contribution in [3.8, 4) is 0 Å². The van der Waals surface area contributed by atoms with E-state index in [0.29, 0.717) is 0 Å². The Morgan fingerprint density at radius 1 is 1.47 bits per heavy atom. The molecule has 1 aliphatic heterocycles. The summed E-state index contributed by atoms with van der Waals surface area (Å²) < 4.78 is 1.85. The molecule has 2 aromatic heterocycles. The number of nitrogens with zero attached hydrogens (tertiary/aromatic N) is 3. The smallest absolute Gasteiger partial charge is 0.145 e. The number of hydrogen-bond donors (Lipinski definition) is 1. The number of halogens is 1. The van der Waals surface area contributed by atoms with Gasteiger partial charge in [0.1, 0.15) is 16.0 Å². The van der Waals surface area contributed by atoms with Crippen molar-refractivity contribution in [1.82, 2.24) is 15.4 Å². The second-order valence-electron chi connectivity index (χ2n) is 4.04. The van der Waals surface area contributed by atoms with E-state index in [1.807, 2.05) is 15.7 Å². The van der Waals surface area contributed by atoms with Gasteiger partial charge in [-0.3, -0.25) is 0 Å². The minimum atomic E-state index is -0.107. The van der Waals surface area contributed by atoms with Crippen LogP contribution in [-0.2, 0) is 5.54 Å². The quantitative estimate of drug-likeness (QED) is 0.755. The van der Waals surface area contributed by atoms with Crippen LogP contribution in [0.2, 0.25) is 0 Å². The lowest BCUT2D eigenvalue weighted by Crippen LogP contribution is -2.36. The second kappa shape index (κ2) is 2.90. The Labute approximate surface area is 99.6 Å². The van der Waals surface area contributed by atoms with Gasteiger partial charge in [0.25, 0.3) is 0 Å². The van der Waals surface area contributed by atoms with Crippen LogP contribution >= 0.6 is 27.5 Å². The van der Waals surface area contributed by atoms with E-state index in [0.717, 1.165) is 21.6 Å². The molecule has 0 saturated heterocycles. The number of rotatable bonds is 0. The molecule has 3 rings (SSSR count). The molecule has 0 spiro atoms. The van der Waals surface area contributed by atoms with E-state index in [9.17, 15) is 0 Å². The van der Waals surface area contributed by atoms with Gasteiger partial charge in [-0.05, 0) is 13.8 Å². The number of pyridine rings is 1. The number of anilines is 1. The number of nitrogens with one attached hydrogen (secondary N) is 1. The molecule has 2 aromatic rings. The van der Waals surface area contributed by atoms with Gasteiger partial charge in [0.15, 0.2) is 0 Å². The van der Waals surface area contributed by atoms with Crippen molar-refractivity contribution in [3.05, 3.63) is 17.3 Å². The zero-order chi connectivity index (χ0) is 10.6. The summed E-state index contributed by atoms with van der Waals surface area (Å²) >= 11 is 5.04. The molecule has 0 amide bonds. The predicted octanol–water partition coefficient (Wildman–Crippen LogP) is 2.56. The Bertz CT molecular complexity index is 536. The molecule has 0 aromatic carbocycles. The minimum absolute atomic E-state index is 0.107. The summed E-state index contributed by atoms with van der Waals surface area (Å²) in [4.78, 5) is 9.73. The molecule has 1 aliphatic rings. The fraction of sp³-hybridized carbons (Fsp3) is 0.333. The molecule has 78 valence electrons. The first-order valence-corrected chi connectivity index (χ1v) is 6.15. The Kier molecular flexibility index (Phi) is 1.84. The molecule has 0 radical (unpaired) electrons. The third-order valence-corrected chi connectivity index (χ3v) is 3.85. The highest BCUT2D eigenvalue weighted by Gasteiger charge is 2.36. The van der Waals surface area contributed by atoms with Crippen LogP contribution in [0.3, 0.4) is 0 Å². The lowest BCUT2D eigenvalue weighted by molar-refractivity contribution is 0.456. The van der Waals surface area contributed by atoms with Crippen molar-refractivity contribution in [2.75, 3.05) is 4.03 Å². The van der Waals surface area contributed by atoms with Crippen molar-refractivity contribution in [2.45, 2.75) is 19.4 Å². The van der Waals surface area contributed by atoms with E-state index in [-0.39, 0.29) is 5.54 Å². The van der Waals surface area contributed by atoms with Gasteiger partial charge in [-0.2, -0.15) is 0 Å². The molecular weight excluding hydrogens is 276 g/mol. The second-order valence-corrected chi connectivity index (χ2v) is 5.59. The van der Waals surface area contributed by atoms with E-state index in [4.69, 9.17) is 0 Å². The van der Waals surface area contributed by atoms with E-state index in [1.54, 1.807) is 11.3 Å². The monoisotopic (exact) mass is 284 g/mol. The first-order chi connectivity index (χ1) is 7.09. The number of aromatic nitrogens is 2. The summed E-state index contributed by atoms with van der Waals surface area (Å²) in [5.41, 5.74) is 8.22. The fourth-order valence-electron chi connectivity index (χ4n) is 1.82. The minimum Gasteiger partial charge on any atom is -0.243 e. The maximum Gasteiger partial charge on any atom is 0.145 e. The molecule has 1 N–H and O–H groups in total. The summed E-state index contributed by atoms with van der Waals surface area (Å²) in [6, 6.07) is 0. The molecule has 15 heavy (non-hydrogen) atoms. The summed E-state index contributed by atoms with van der Waals surface area (Å²) in [6.07, 6.45) is 1.92. The van der Waals surface area contributed by atoms with Crippen LogP contribution in [0.15, 0.2) is 11.7 Å². The standard InChI is InChI=1S/C9H9BrN4S/c1-9(2)5-3-11-8-6(12-4-15-8)7(5)14(10)13-9/h3-4,13H,1-2H3. The van der Waals surface area contributed by atoms with Gasteiger partial charge in [0.05, 0.1) is 27.2 Å². The zero-order valence-corrected chi connectivity index (χ0v) is 10.7. The highest BCUT2D eigenvalue weighted by Crippen LogP contribution is 2.42. The SMILES string of the molecule is CC1(C)NN(Br)c2c1cnc1scnc21. The highest BCUT2D eigenvalue weighted by molar-refractivity contribution is 9.10. The Morgan fingerprint density at radius 3 is 3.07 bits per heavy atom. The van der Waals surface area contributed by atoms with Crippen LogP contribution in [0.25, 0.3) is 10.3 Å². The van der Waals surface area contributed by atoms with Crippen LogP contribution in [0.1, 0.15) is 19.4 Å². The molecule has 0 bridgehead atoms. The van der Waals surface area contributed by atoms with Gasteiger partial charge in [0, 0.05) is 11.8 Å². The predicted molar refractivity (Wildman–Crippen MR) is 65.0 cm³/mol. The van der Waals surface area contributed by atoms with Gasteiger partial charge in [0.2, 0.25) is 0 Å². The molecule has 6 heteroatoms. The van der Waals surface area contributed by atoms with Gasteiger partial charge >= 0.3 is 0 Å². The zero-order valence-electron chi connectivity index (χ0n) is 8.28. The topological polar surface area (TPSA) is 41.0 Å². The first-order valence-electron chi connectivity index (χ1n) is 4.56.